The standard InChI is InChI=1S/C20H22N4O2/c1-3-12-25-19-22-18(23-20(24-19)26-13-4-2)16-10-11-17(21-14-16)15-8-6-5-7-9-15/h5-11,14H,3-4,12-13H2,1-2H3. The van der Waals surface area contributed by atoms with Crippen molar-refractivity contribution in [2.24, 2.45) is 0 Å². The molecule has 134 valence electrons. The lowest BCUT2D eigenvalue weighted by Gasteiger charge is -2.09. The molecule has 0 bridgehead atoms. The highest BCUT2D eigenvalue weighted by molar-refractivity contribution is 5.63. The van der Waals surface area contributed by atoms with Gasteiger partial charge in [-0.05, 0) is 25.0 Å². The van der Waals surface area contributed by atoms with Crippen LogP contribution in [0.5, 0.6) is 12.0 Å². The van der Waals surface area contributed by atoms with E-state index in [1.54, 1.807) is 6.20 Å². The van der Waals surface area contributed by atoms with E-state index in [0.717, 1.165) is 29.7 Å². The van der Waals surface area contributed by atoms with Crippen molar-refractivity contribution in [2.45, 2.75) is 26.7 Å². The van der Waals surface area contributed by atoms with Crippen LogP contribution in [-0.2, 0) is 0 Å². The van der Waals surface area contributed by atoms with Crippen LogP contribution in [0.4, 0.5) is 0 Å². The summed E-state index contributed by atoms with van der Waals surface area (Å²) in [4.78, 5) is 17.5. The molecular weight excluding hydrogens is 328 g/mol. The summed E-state index contributed by atoms with van der Waals surface area (Å²) >= 11 is 0. The van der Waals surface area contributed by atoms with Gasteiger partial charge in [0.1, 0.15) is 0 Å². The molecule has 6 nitrogen and oxygen atoms in total. The summed E-state index contributed by atoms with van der Waals surface area (Å²) in [6, 6.07) is 14.5. The fraction of sp³-hybridized carbons (Fsp3) is 0.300. The highest BCUT2D eigenvalue weighted by Gasteiger charge is 2.11. The van der Waals surface area contributed by atoms with Gasteiger partial charge in [-0.3, -0.25) is 4.98 Å². The SMILES string of the molecule is CCCOc1nc(OCCC)nc(-c2ccc(-c3ccccc3)nc2)n1. The number of ether oxygens (including phenoxy) is 2. The molecule has 0 radical (unpaired) electrons. The number of hydrogen-bond donors (Lipinski definition) is 0. The number of pyridine rings is 1. The highest BCUT2D eigenvalue weighted by Crippen LogP contribution is 2.22. The van der Waals surface area contributed by atoms with Gasteiger partial charge in [0.05, 0.1) is 18.9 Å². The first-order valence-corrected chi connectivity index (χ1v) is 8.83. The third kappa shape index (κ3) is 4.53. The minimum absolute atomic E-state index is 0.273. The van der Waals surface area contributed by atoms with E-state index in [9.17, 15) is 0 Å². The van der Waals surface area contributed by atoms with Crippen LogP contribution in [0, 0.1) is 0 Å². The van der Waals surface area contributed by atoms with E-state index in [2.05, 4.69) is 19.9 Å². The minimum Gasteiger partial charge on any atom is -0.463 e. The van der Waals surface area contributed by atoms with Gasteiger partial charge in [-0.1, -0.05) is 44.2 Å². The normalized spacial score (nSPS) is 10.5. The number of rotatable bonds is 8. The molecule has 2 heterocycles. The third-order valence-corrected chi connectivity index (χ3v) is 3.56. The maximum atomic E-state index is 5.57. The van der Waals surface area contributed by atoms with Gasteiger partial charge in [0.15, 0.2) is 5.82 Å². The average Bonchev–Trinajstić information content (AvgIpc) is 2.71. The zero-order valence-electron chi connectivity index (χ0n) is 15.1. The summed E-state index contributed by atoms with van der Waals surface area (Å²) in [5, 5.41) is 0. The second-order valence-corrected chi connectivity index (χ2v) is 5.72. The second-order valence-electron chi connectivity index (χ2n) is 5.72. The van der Waals surface area contributed by atoms with E-state index in [1.165, 1.54) is 0 Å². The Bertz CT molecular complexity index is 797. The predicted molar refractivity (Wildman–Crippen MR) is 100 cm³/mol. The Balaban J connectivity index is 1.88. The monoisotopic (exact) mass is 350 g/mol. The molecular formula is C20H22N4O2. The molecule has 0 aliphatic carbocycles. The van der Waals surface area contributed by atoms with Crippen molar-refractivity contribution in [1.82, 2.24) is 19.9 Å². The van der Waals surface area contributed by atoms with Crippen molar-refractivity contribution in [3.8, 4) is 34.7 Å². The van der Waals surface area contributed by atoms with Gasteiger partial charge in [0.25, 0.3) is 0 Å². The van der Waals surface area contributed by atoms with Crippen molar-refractivity contribution in [3.05, 3.63) is 48.7 Å². The van der Waals surface area contributed by atoms with Crippen LogP contribution in [-0.4, -0.2) is 33.1 Å². The summed E-state index contributed by atoms with van der Waals surface area (Å²) in [5.41, 5.74) is 2.75. The zero-order chi connectivity index (χ0) is 18.2. The van der Waals surface area contributed by atoms with Gasteiger partial charge in [0.2, 0.25) is 0 Å². The molecule has 0 aliphatic rings. The third-order valence-electron chi connectivity index (χ3n) is 3.56. The highest BCUT2D eigenvalue weighted by atomic mass is 16.5. The van der Waals surface area contributed by atoms with E-state index < -0.39 is 0 Å². The average molecular weight is 350 g/mol. The van der Waals surface area contributed by atoms with Crippen LogP contribution in [0.1, 0.15) is 26.7 Å². The topological polar surface area (TPSA) is 70.0 Å². The molecule has 26 heavy (non-hydrogen) atoms. The van der Waals surface area contributed by atoms with E-state index in [0.29, 0.717) is 19.0 Å². The van der Waals surface area contributed by atoms with Gasteiger partial charge in [-0.15, -0.1) is 4.98 Å². The molecule has 0 N–H and O–H groups in total. The molecule has 0 saturated heterocycles. The van der Waals surface area contributed by atoms with E-state index in [-0.39, 0.29) is 12.0 Å². The molecule has 0 unspecified atom stereocenters. The number of nitrogens with zero attached hydrogens (tertiary/aromatic N) is 4. The van der Waals surface area contributed by atoms with Crippen molar-refractivity contribution in [2.75, 3.05) is 13.2 Å². The first-order valence-electron chi connectivity index (χ1n) is 8.83. The number of benzene rings is 1. The molecule has 0 fully saturated rings. The van der Waals surface area contributed by atoms with Crippen molar-refractivity contribution >= 4 is 0 Å². The Morgan fingerprint density at radius 1 is 0.731 bits per heavy atom. The fourth-order valence-electron chi connectivity index (χ4n) is 2.29. The van der Waals surface area contributed by atoms with Crippen LogP contribution < -0.4 is 9.47 Å². The maximum absolute atomic E-state index is 5.57. The molecule has 2 aromatic heterocycles. The minimum atomic E-state index is 0.273. The molecule has 0 aliphatic heterocycles. The molecule has 0 saturated carbocycles. The van der Waals surface area contributed by atoms with E-state index in [1.807, 2.05) is 56.3 Å². The van der Waals surface area contributed by atoms with Crippen LogP contribution in [0.3, 0.4) is 0 Å². The largest absolute Gasteiger partial charge is 0.463 e. The fourth-order valence-corrected chi connectivity index (χ4v) is 2.29. The Labute approximate surface area is 153 Å². The first kappa shape index (κ1) is 17.8. The lowest BCUT2D eigenvalue weighted by atomic mass is 10.1. The summed E-state index contributed by atoms with van der Waals surface area (Å²) in [6.45, 7) is 5.15. The summed E-state index contributed by atoms with van der Waals surface area (Å²) < 4.78 is 11.1. The Morgan fingerprint density at radius 2 is 1.38 bits per heavy atom. The number of aromatic nitrogens is 4. The maximum Gasteiger partial charge on any atom is 0.323 e. The van der Waals surface area contributed by atoms with Crippen LogP contribution in [0.2, 0.25) is 0 Å². The van der Waals surface area contributed by atoms with Gasteiger partial charge in [-0.2, -0.15) is 9.97 Å². The lowest BCUT2D eigenvalue weighted by molar-refractivity contribution is 0.262. The molecule has 0 amide bonds. The predicted octanol–water partition coefficient (Wildman–Crippen LogP) is 4.18. The summed E-state index contributed by atoms with van der Waals surface area (Å²) in [5.74, 6) is 0.490. The molecule has 3 rings (SSSR count). The molecule has 1 aromatic carbocycles. The van der Waals surface area contributed by atoms with Crippen molar-refractivity contribution < 1.29 is 9.47 Å². The van der Waals surface area contributed by atoms with Gasteiger partial charge in [-0.25, -0.2) is 0 Å². The van der Waals surface area contributed by atoms with Crippen molar-refractivity contribution in [3.63, 3.8) is 0 Å². The quantitative estimate of drug-likeness (QED) is 0.607. The summed E-state index contributed by atoms with van der Waals surface area (Å²) in [7, 11) is 0. The Morgan fingerprint density at radius 3 is 1.92 bits per heavy atom. The lowest BCUT2D eigenvalue weighted by Crippen LogP contribution is -2.07. The van der Waals surface area contributed by atoms with E-state index >= 15 is 0 Å². The molecule has 3 aromatic rings. The van der Waals surface area contributed by atoms with Gasteiger partial charge < -0.3 is 9.47 Å². The van der Waals surface area contributed by atoms with Crippen LogP contribution in [0.15, 0.2) is 48.7 Å². The molecule has 0 atom stereocenters. The van der Waals surface area contributed by atoms with Crippen LogP contribution >= 0.6 is 0 Å². The van der Waals surface area contributed by atoms with Crippen molar-refractivity contribution in [1.29, 1.82) is 0 Å². The Kier molecular flexibility index (Phi) is 6.09. The van der Waals surface area contributed by atoms with Crippen LogP contribution in [0.25, 0.3) is 22.6 Å². The second kappa shape index (κ2) is 8.89. The summed E-state index contributed by atoms with van der Waals surface area (Å²) in [6.07, 6.45) is 3.50. The van der Waals surface area contributed by atoms with Gasteiger partial charge in [0, 0.05) is 17.3 Å². The zero-order valence-corrected chi connectivity index (χ0v) is 15.1. The first-order chi connectivity index (χ1) is 12.8. The number of hydrogen-bond acceptors (Lipinski definition) is 6. The van der Waals surface area contributed by atoms with E-state index in [4.69, 9.17) is 9.47 Å². The Hall–Kier alpha value is -3.02. The smallest absolute Gasteiger partial charge is 0.323 e. The molecule has 0 spiro atoms. The molecule has 6 heteroatoms. The van der Waals surface area contributed by atoms with Gasteiger partial charge >= 0.3 is 12.0 Å².